The molecule has 3 N–H and O–H groups in total. The van der Waals surface area contributed by atoms with Gasteiger partial charge in [0.15, 0.2) is 6.73 Å². The number of hydrogen-bond donors (Lipinski definition) is 3. The zero-order chi connectivity index (χ0) is 17.8. The molecule has 0 unspecified atom stereocenters. The van der Waals surface area contributed by atoms with E-state index in [4.69, 9.17) is 4.74 Å². The van der Waals surface area contributed by atoms with Gasteiger partial charge in [-0.3, -0.25) is 0 Å². The standard InChI is InChI=1S/C19H31N3O2/c1-6-14-9-7-8-10-16(14)24-13-20-17(23)21-15-11-18(2,3)22-19(4,5)12-15/h7-10,15,22H,6,11-13H2,1-5H3,(H2,20,21,23). The maximum absolute atomic E-state index is 12.2. The van der Waals surface area contributed by atoms with Crippen molar-refractivity contribution in [2.45, 2.75) is 71.0 Å². The summed E-state index contributed by atoms with van der Waals surface area (Å²) < 4.78 is 5.69. The molecule has 1 aliphatic rings. The van der Waals surface area contributed by atoms with E-state index in [0.717, 1.165) is 30.6 Å². The van der Waals surface area contributed by atoms with Crippen LogP contribution in [0, 0.1) is 0 Å². The van der Waals surface area contributed by atoms with Crippen LogP contribution in [0.15, 0.2) is 24.3 Å². The summed E-state index contributed by atoms with van der Waals surface area (Å²) in [6.07, 6.45) is 2.72. The molecule has 0 aromatic heterocycles. The number of amides is 2. The van der Waals surface area contributed by atoms with Crippen LogP contribution in [0.4, 0.5) is 4.79 Å². The molecule has 24 heavy (non-hydrogen) atoms. The fourth-order valence-electron chi connectivity index (χ4n) is 3.78. The molecule has 2 amide bonds. The Kier molecular flexibility index (Phi) is 5.75. The lowest BCUT2D eigenvalue weighted by Crippen LogP contribution is -2.62. The molecule has 1 saturated heterocycles. The van der Waals surface area contributed by atoms with Crippen LogP contribution in [0.2, 0.25) is 0 Å². The zero-order valence-corrected chi connectivity index (χ0v) is 15.5. The van der Waals surface area contributed by atoms with E-state index in [9.17, 15) is 4.79 Å². The van der Waals surface area contributed by atoms with Crippen LogP contribution in [-0.4, -0.2) is 29.9 Å². The fourth-order valence-corrected chi connectivity index (χ4v) is 3.78. The highest BCUT2D eigenvalue weighted by molar-refractivity contribution is 5.74. The summed E-state index contributed by atoms with van der Waals surface area (Å²) in [5.41, 5.74) is 1.16. The number of piperidine rings is 1. The zero-order valence-electron chi connectivity index (χ0n) is 15.5. The van der Waals surface area contributed by atoms with Crippen molar-refractivity contribution in [1.29, 1.82) is 0 Å². The number of ether oxygens (including phenoxy) is 1. The SMILES string of the molecule is CCc1ccccc1OCNC(=O)NC1CC(C)(C)NC(C)(C)C1. The quantitative estimate of drug-likeness (QED) is 0.725. The molecule has 0 saturated carbocycles. The lowest BCUT2D eigenvalue weighted by atomic mass is 9.80. The van der Waals surface area contributed by atoms with Crippen molar-refractivity contribution in [3.05, 3.63) is 29.8 Å². The Morgan fingerprint density at radius 1 is 1.21 bits per heavy atom. The second kappa shape index (κ2) is 7.43. The Morgan fingerprint density at radius 3 is 2.46 bits per heavy atom. The molecule has 0 atom stereocenters. The van der Waals surface area contributed by atoms with Crippen LogP contribution < -0.4 is 20.7 Å². The van der Waals surface area contributed by atoms with E-state index < -0.39 is 0 Å². The van der Waals surface area contributed by atoms with Gasteiger partial charge in [-0.05, 0) is 58.6 Å². The Balaban J connectivity index is 1.81. The first-order valence-corrected chi connectivity index (χ1v) is 8.75. The predicted molar refractivity (Wildman–Crippen MR) is 97.3 cm³/mol. The number of carbonyl (C=O) groups is 1. The van der Waals surface area contributed by atoms with Crippen molar-refractivity contribution in [2.24, 2.45) is 0 Å². The van der Waals surface area contributed by atoms with Crippen molar-refractivity contribution in [1.82, 2.24) is 16.0 Å². The number of para-hydroxylation sites is 1. The van der Waals surface area contributed by atoms with Crippen molar-refractivity contribution < 1.29 is 9.53 Å². The van der Waals surface area contributed by atoms with Gasteiger partial charge in [0.2, 0.25) is 0 Å². The van der Waals surface area contributed by atoms with E-state index in [0.29, 0.717) is 0 Å². The summed E-state index contributed by atoms with van der Waals surface area (Å²) in [5, 5.41) is 9.48. The Bertz CT molecular complexity index is 553. The summed E-state index contributed by atoms with van der Waals surface area (Å²) in [6, 6.07) is 7.87. The van der Waals surface area contributed by atoms with Gasteiger partial charge in [-0.15, -0.1) is 0 Å². The number of carbonyl (C=O) groups excluding carboxylic acids is 1. The first-order valence-electron chi connectivity index (χ1n) is 8.75. The summed E-state index contributed by atoms with van der Waals surface area (Å²) in [6.45, 7) is 10.9. The van der Waals surface area contributed by atoms with Gasteiger partial charge < -0.3 is 20.7 Å². The molecule has 2 rings (SSSR count). The summed E-state index contributed by atoms with van der Waals surface area (Å²) in [5.74, 6) is 0.824. The van der Waals surface area contributed by atoms with E-state index in [1.54, 1.807) is 0 Å². The number of nitrogens with one attached hydrogen (secondary N) is 3. The van der Waals surface area contributed by atoms with Gasteiger partial charge in [0, 0.05) is 17.1 Å². The topological polar surface area (TPSA) is 62.4 Å². The molecule has 0 spiro atoms. The van der Waals surface area contributed by atoms with Crippen LogP contribution in [0.3, 0.4) is 0 Å². The van der Waals surface area contributed by atoms with Gasteiger partial charge >= 0.3 is 6.03 Å². The summed E-state index contributed by atoms with van der Waals surface area (Å²) in [7, 11) is 0. The van der Waals surface area contributed by atoms with Crippen LogP contribution >= 0.6 is 0 Å². The third-order valence-electron chi connectivity index (χ3n) is 4.34. The largest absolute Gasteiger partial charge is 0.473 e. The maximum Gasteiger partial charge on any atom is 0.317 e. The van der Waals surface area contributed by atoms with Crippen LogP contribution in [-0.2, 0) is 6.42 Å². The second-order valence-corrected chi connectivity index (χ2v) is 7.90. The Morgan fingerprint density at radius 2 is 1.83 bits per heavy atom. The molecule has 5 nitrogen and oxygen atoms in total. The highest BCUT2D eigenvalue weighted by Gasteiger charge is 2.38. The fraction of sp³-hybridized carbons (Fsp3) is 0.632. The molecule has 1 fully saturated rings. The minimum Gasteiger partial charge on any atom is -0.473 e. The smallest absolute Gasteiger partial charge is 0.317 e. The van der Waals surface area contributed by atoms with Gasteiger partial charge in [0.25, 0.3) is 0 Å². The van der Waals surface area contributed by atoms with Gasteiger partial charge in [0.05, 0.1) is 0 Å². The molecule has 134 valence electrons. The average Bonchev–Trinajstić information content (AvgIpc) is 2.44. The normalized spacial score (nSPS) is 19.5. The lowest BCUT2D eigenvalue weighted by Gasteiger charge is -2.46. The average molecular weight is 333 g/mol. The monoisotopic (exact) mass is 333 g/mol. The third kappa shape index (κ3) is 5.41. The molecule has 1 aromatic rings. The van der Waals surface area contributed by atoms with Crippen molar-refractivity contribution in [3.8, 4) is 5.75 Å². The summed E-state index contributed by atoms with van der Waals surface area (Å²) in [4.78, 5) is 12.2. The molecule has 0 radical (unpaired) electrons. The van der Waals surface area contributed by atoms with E-state index in [1.807, 2.05) is 24.3 Å². The van der Waals surface area contributed by atoms with E-state index >= 15 is 0 Å². The molecular weight excluding hydrogens is 302 g/mol. The van der Waals surface area contributed by atoms with E-state index in [1.165, 1.54) is 0 Å². The molecule has 1 heterocycles. The van der Waals surface area contributed by atoms with Crippen molar-refractivity contribution in [3.63, 3.8) is 0 Å². The van der Waals surface area contributed by atoms with Crippen molar-refractivity contribution >= 4 is 6.03 Å². The molecular formula is C19H31N3O2. The molecule has 5 heteroatoms. The lowest BCUT2D eigenvalue weighted by molar-refractivity contribution is 0.146. The third-order valence-corrected chi connectivity index (χ3v) is 4.34. The minimum atomic E-state index is -0.178. The molecule has 0 aliphatic carbocycles. The number of hydrogen-bond acceptors (Lipinski definition) is 3. The van der Waals surface area contributed by atoms with Crippen LogP contribution in [0.5, 0.6) is 5.75 Å². The minimum absolute atomic E-state index is 0.0102. The van der Waals surface area contributed by atoms with Gasteiger partial charge in [-0.25, -0.2) is 4.79 Å². The maximum atomic E-state index is 12.2. The van der Waals surface area contributed by atoms with E-state index in [2.05, 4.69) is 50.6 Å². The number of aryl methyl sites for hydroxylation is 1. The van der Waals surface area contributed by atoms with Gasteiger partial charge in [-0.2, -0.15) is 0 Å². The highest BCUT2D eigenvalue weighted by atomic mass is 16.5. The number of benzene rings is 1. The predicted octanol–water partition coefficient (Wildman–Crippen LogP) is 3.19. The van der Waals surface area contributed by atoms with Gasteiger partial charge in [0.1, 0.15) is 5.75 Å². The Hall–Kier alpha value is -1.75. The first kappa shape index (κ1) is 18.6. The molecule has 0 bridgehead atoms. The first-order chi connectivity index (χ1) is 11.2. The van der Waals surface area contributed by atoms with Crippen LogP contribution in [0.25, 0.3) is 0 Å². The van der Waals surface area contributed by atoms with Crippen LogP contribution in [0.1, 0.15) is 53.0 Å². The van der Waals surface area contributed by atoms with E-state index in [-0.39, 0.29) is 29.9 Å². The molecule has 1 aliphatic heterocycles. The molecule has 1 aromatic carbocycles. The summed E-state index contributed by atoms with van der Waals surface area (Å²) >= 11 is 0. The van der Waals surface area contributed by atoms with Crippen molar-refractivity contribution in [2.75, 3.05) is 6.73 Å². The Labute approximate surface area is 145 Å². The second-order valence-electron chi connectivity index (χ2n) is 7.90. The number of rotatable bonds is 5. The highest BCUT2D eigenvalue weighted by Crippen LogP contribution is 2.28. The van der Waals surface area contributed by atoms with Gasteiger partial charge in [-0.1, -0.05) is 25.1 Å². The number of urea groups is 1.